The molecule has 0 radical (unpaired) electrons. The molecule has 0 saturated heterocycles. The van der Waals surface area contributed by atoms with Crippen molar-refractivity contribution in [2.24, 2.45) is 0 Å². The normalized spacial score (nSPS) is 17.6. The fourth-order valence-electron chi connectivity index (χ4n) is 1.87. The van der Waals surface area contributed by atoms with Gasteiger partial charge in [0.15, 0.2) is 5.69 Å². The number of aromatic nitrogens is 2. The van der Waals surface area contributed by atoms with Crippen LogP contribution in [0.3, 0.4) is 0 Å². The minimum atomic E-state index is -0.705. The standard InChI is InChI=1S/C11H14N2O3/c1-15-10-8(12-6-7-13-10)9(14)11(16-2)4-3-5-11/h6-7H,3-5H2,1-2H3. The van der Waals surface area contributed by atoms with E-state index in [-0.39, 0.29) is 17.4 Å². The number of carbonyl (C=O) groups excluding carboxylic acids is 1. The Morgan fingerprint density at radius 2 is 2.00 bits per heavy atom. The SMILES string of the molecule is COc1nccnc1C(=O)C1(OC)CCC1. The molecular weight excluding hydrogens is 208 g/mol. The van der Waals surface area contributed by atoms with E-state index < -0.39 is 5.60 Å². The van der Waals surface area contributed by atoms with Crippen LogP contribution >= 0.6 is 0 Å². The molecule has 0 spiro atoms. The van der Waals surface area contributed by atoms with Gasteiger partial charge in [-0.1, -0.05) is 0 Å². The first-order valence-corrected chi connectivity index (χ1v) is 5.18. The molecule has 2 rings (SSSR count). The van der Waals surface area contributed by atoms with Crippen molar-refractivity contribution < 1.29 is 14.3 Å². The average Bonchev–Trinajstić information content (AvgIpc) is 2.28. The highest BCUT2D eigenvalue weighted by Crippen LogP contribution is 2.38. The lowest BCUT2D eigenvalue weighted by atomic mass is 9.76. The number of hydrogen-bond donors (Lipinski definition) is 0. The molecule has 0 aliphatic heterocycles. The molecule has 1 aromatic heterocycles. The van der Waals surface area contributed by atoms with Crippen LogP contribution in [0.15, 0.2) is 12.4 Å². The molecule has 1 heterocycles. The molecule has 1 aliphatic rings. The van der Waals surface area contributed by atoms with Crippen molar-refractivity contribution in [3.63, 3.8) is 0 Å². The molecule has 0 amide bonds. The Morgan fingerprint density at radius 1 is 1.31 bits per heavy atom. The second kappa shape index (κ2) is 4.17. The molecule has 0 aromatic carbocycles. The van der Waals surface area contributed by atoms with Crippen molar-refractivity contribution in [2.45, 2.75) is 24.9 Å². The van der Waals surface area contributed by atoms with E-state index in [4.69, 9.17) is 9.47 Å². The number of methoxy groups -OCH3 is 2. The van der Waals surface area contributed by atoms with Crippen LogP contribution in [0.25, 0.3) is 0 Å². The van der Waals surface area contributed by atoms with Gasteiger partial charge in [0.05, 0.1) is 7.11 Å². The maximum absolute atomic E-state index is 12.3. The fourth-order valence-corrected chi connectivity index (χ4v) is 1.87. The average molecular weight is 222 g/mol. The summed E-state index contributed by atoms with van der Waals surface area (Å²) < 4.78 is 10.3. The van der Waals surface area contributed by atoms with Crippen LogP contribution in [-0.4, -0.2) is 35.6 Å². The minimum Gasteiger partial charge on any atom is -0.479 e. The number of hydrogen-bond acceptors (Lipinski definition) is 5. The van der Waals surface area contributed by atoms with Crippen molar-refractivity contribution in [1.29, 1.82) is 0 Å². The molecule has 5 heteroatoms. The minimum absolute atomic E-state index is 0.133. The zero-order chi connectivity index (χ0) is 11.6. The maximum atomic E-state index is 12.3. The van der Waals surface area contributed by atoms with Gasteiger partial charge in [-0.2, -0.15) is 0 Å². The van der Waals surface area contributed by atoms with E-state index >= 15 is 0 Å². The van der Waals surface area contributed by atoms with Gasteiger partial charge >= 0.3 is 0 Å². The van der Waals surface area contributed by atoms with Gasteiger partial charge in [0.25, 0.3) is 0 Å². The third kappa shape index (κ3) is 1.57. The third-order valence-corrected chi connectivity index (χ3v) is 3.04. The zero-order valence-electron chi connectivity index (χ0n) is 9.40. The van der Waals surface area contributed by atoms with Crippen LogP contribution in [-0.2, 0) is 4.74 Å². The molecule has 86 valence electrons. The second-order valence-electron chi connectivity index (χ2n) is 3.80. The Morgan fingerprint density at radius 3 is 2.50 bits per heavy atom. The van der Waals surface area contributed by atoms with Crippen LogP contribution in [0.2, 0.25) is 0 Å². The lowest BCUT2D eigenvalue weighted by Crippen LogP contribution is -2.47. The van der Waals surface area contributed by atoms with Gasteiger partial charge in [0.1, 0.15) is 5.60 Å². The molecule has 0 atom stereocenters. The number of ether oxygens (including phenoxy) is 2. The van der Waals surface area contributed by atoms with E-state index in [0.29, 0.717) is 0 Å². The number of nitrogens with zero attached hydrogens (tertiary/aromatic N) is 2. The monoisotopic (exact) mass is 222 g/mol. The largest absolute Gasteiger partial charge is 0.479 e. The molecule has 0 N–H and O–H groups in total. The van der Waals surface area contributed by atoms with E-state index in [1.165, 1.54) is 19.5 Å². The summed E-state index contributed by atoms with van der Waals surface area (Å²) in [4.78, 5) is 20.2. The number of ketones is 1. The Bertz CT molecular complexity index is 396. The highest BCUT2D eigenvalue weighted by atomic mass is 16.5. The van der Waals surface area contributed by atoms with Gasteiger partial charge in [-0.25, -0.2) is 9.97 Å². The Kier molecular flexibility index (Phi) is 2.87. The summed E-state index contributed by atoms with van der Waals surface area (Å²) >= 11 is 0. The predicted octanol–water partition coefficient (Wildman–Crippen LogP) is 1.24. The number of rotatable bonds is 4. The molecular formula is C11H14N2O3. The smallest absolute Gasteiger partial charge is 0.243 e. The molecule has 1 fully saturated rings. The van der Waals surface area contributed by atoms with Gasteiger partial charge in [-0.05, 0) is 19.3 Å². The summed E-state index contributed by atoms with van der Waals surface area (Å²) in [5.74, 6) is 0.127. The summed E-state index contributed by atoms with van der Waals surface area (Å²) in [6, 6.07) is 0. The van der Waals surface area contributed by atoms with Crippen molar-refractivity contribution in [2.75, 3.05) is 14.2 Å². The lowest BCUT2D eigenvalue weighted by Gasteiger charge is -2.38. The van der Waals surface area contributed by atoms with Crippen molar-refractivity contribution in [3.05, 3.63) is 18.1 Å². The fraction of sp³-hybridized carbons (Fsp3) is 0.545. The molecule has 5 nitrogen and oxygen atoms in total. The van der Waals surface area contributed by atoms with Crippen LogP contribution in [0.1, 0.15) is 29.8 Å². The zero-order valence-corrected chi connectivity index (χ0v) is 9.40. The van der Waals surface area contributed by atoms with Gasteiger partial charge in [-0.15, -0.1) is 0 Å². The van der Waals surface area contributed by atoms with Gasteiger partial charge < -0.3 is 9.47 Å². The Labute approximate surface area is 93.8 Å². The number of carbonyl (C=O) groups is 1. The summed E-state index contributed by atoms with van der Waals surface area (Å²) in [6.07, 6.45) is 5.46. The van der Waals surface area contributed by atoms with Gasteiger partial charge in [-0.3, -0.25) is 4.79 Å². The highest BCUT2D eigenvalue weighted by Gasteiger charge is 2.46. The lowest BCUT2D eigenvalue weighted by molar-refractivity contribution is -0.0453. The van der Waals surface area contributed by atoms with Crippen LogP contribution in [0.5, 0.6) is 5.88 Å². The van der Waals surface area contributed by atoms with Gasteiger partial charge in [0, 0.05) is 19.5 Å². The van der Waals surface area contributed by atoms with E-state index in [0.717, 1.165) is 19.3 Å². The van der Waals surface area contributed by atoms with Crippen LogP contribution in [0.4, 0.5) is 0 Å². The second-order valence-corrected chi connectivity index (χ2v) is 3.80. The molecule has 1 aromatic rings. The summed E-state index contributed by atoms with van der Waals surface area (Å²) in [6.45, 7) is 0. The molecule has 1 saturated carbocycles. The summed E-state index contributed by atoms with van der Waals surface area (Å²) in [5, 5.41) is 0. The van der Waals surface area contributed by atoms with Crippen LogP contribution < -0.4 is 4.74 Å². The third-order valence-electron chi connectivity index (χ3n) is 3.04. The van der Waals surface area contributed by atoms with E-state index in [1.54, 1.807) is 7.11 Å². The molecule has 1 aliphatic carbocycles. The first kappa shape index (κ1) is 11.0. The van der Waals surface area contributed by atoms with E-state index in [9.17, 15) is 4.79 Å². The molecule has 0 unspecified atom stereocenters. The van der Waals surface area contributed by atoms with Gasteiger partial charge in [0.2, 0.25) is 11.7 Å². The predicted molar refractivity (Wildman–Crippen MR) is 56.5 cm³/mol. The topological polar surface area (TPSA) is 61.3 Å². The first-order valence-electron chi connectivity index (χ1n) is 5.18. The van der Waals surface area contributed by atoms with E-state index in [1.807, 2.05) is 0 Å². The quantitative estimate of drug-likeness (QED) is 0.717. The van der Waals surface area contributed by atoms with Crippen molar-refractivity contribution in [1.82, 2.24) is 9.97 Å². The Balaban J connectivity index is 2.33. The Hall–Kier alpha value is -1.49. The number of Topliss-reactive ketones (excluding diaryl/α,β-unsaturated/α-hetero) is 1. The maximum Gasteiger partial charge on any atom is 0.243 e. The van der Waals surface area contributed by atoms with E-state index in [2.05, 4.69) is 9.97 Å². The summed E-state index contributed by atoms with van der Waals surface area (Å²) in [7, 11) is 3.03. The summed E-state index contributed by atoms with van der Waals surface area (Å²) in [5.41, 5.74) is -0.449. The highest BCUT2D eigenvalue weighted by molar-refractivity contribution is 6.03. The molecule has 16 heavy (non-hydrogen) atoms. The van der Waals surface area contributed by atoms with Crippen LogP contribution in [0, 0.1) is 0 Å². The first-order chi connectivity index (χ1) is 7.73. The molecule has 0 bridgehead atoms. The van der Waals surface area contributed by atoms with Crippen molar-refractivity contribution >= 4 is 5.78 Å². The van der Waals surface area contributed by atoms with Crippen molar-refractivity contribution in [3.8, 4) is 5.88 Å².